The largest absolute Gasteiger partial charge is 0.467 e. The minimum absolute atomic E-state index is 0.266. The van der Waals surface area contributed by atoms with E-state index < -0.39 is 26.2 Å². The highest BCUT2D eigenvalue weighted by molar-refractivity contribution is 6.76. The molecule has 0 heterocycles. The number of esters is 2. The van der Waals surface area contributed by atoms with Crippen molar-refractivity contribution in [2.45, 2.75) is 85.1 Å². The molecule has 30 heavy (non-hydrogen) atoms. The maximum atomic E-state index is 12.3. The van der Waals surface area contributed by atoms with Crippen molar-refractivity contribution in [1.29, 1.82) is 0 Å². The summed E-state index contributed by atoms with van der Waals surface area (Å²) in [6.45, 7) is 15.0. The molecule has 0 spiro atoms. The fourth-order valence-electron chi connectivity index (χ4n) is 3.07. The zero-order valence-electron chi connectivity index (χ0n) is 20.2. The van der Waals surface area contributed by atoms with Crippen LogP contribution in [0, 0.1) is 17.8 Å². The fourth-order valence-corrected chi connectivity index (χ4v) is 3.78. The Balaban J connectivity index is 4.41. The molecule has 3 atom stereocenters. The predicted octanol–water partition coefficient (Wildman–Crippen LogP) is 4.62. The number of carbonyl (C=O) groups is 3. The van der Waals surface area contributed by atoms with Crippen LogP contribution in [0.25, 0.3) is 0 Å². The maximum Gasteiger partial charge on any atom is 0.407 e. The molecule has 0 saturated carbocycles. The van der Waals surface area contributed by atoms with Crippen LogP contribution in [0.4, 0.5) is 4.79 Å². The molecule has 176 valence electrons. The summed E-state index contributed by atoms with van der Waals surface area (Å²) in [5.41, 5.74) is 0. The molecular formula is C22H43NO6Si. The van der Waals surface area contributed by atoms with E-state index in [0.717, 1.165) is 25.3 Å². The fraction of sp³-hybridized carbons (Fsp3) is 0.864. The summed E-state index contributed by atoms with van der Waals surface area (Å²) in [5.74, 6) is -0.0203. The molecule has 0 rings (SSSR count). The van der Waals surface area contributed by atoms with Crippen LogP contribution in [0.3, 0.4) is 0 Å². The first-order valence-electron chi connectivity index (χ1n) is 11.0. The normalized spacial score (nSPS) is 14.6. The van der Waals surface area contributed by atoms with Gasteiger partial charge in [0.15, 0.2) is 6.04 Å². The van der Waals surface area contributed by atoms with Crippen LogP contribution in [0.15, 0.2) is 0 Å². The minimum atomic E-state index is -1.33. The van der Waals surface area contributed by atoms with Gasteiger partial charge in [-0.15, -0.1) is 0 Å². The number of amides is 1. The Morgan fingerprint density at radius 1 is 0.933 bits per heavy atom. The topological polar surface area (TPSA) is 90.9 Å². The van der Waals surface area contributed by atoms with E-state index in [1.54, 1.807) is 0 Å². The molecule has 0 saturated heterocycles. The third kappa shape index (κ3) is 14.4. The molecule has 0 aromatic heterocycles. The zero-order valence-corrected chi connectivity index (χ0v) is 21.2. The number of nitrogens with one attached hydrogen (secondary N) is 1. The maximum absolute atomic E-state index is 12.3. The van der Waals surface area contributed by atoms with Gasteiger partial charge in [-0.25, -0.2) is 9.59 Å². The molecule has 3 unspecified atom stereocenters. The highest BCUT2D eigenvalue weighted by Crippen LogP contribution is 2.19. The van der Waals surface area contributed by atoms with Gasteiger partial charge in [0.2, 0.25) is 0 Å². The monoisotopic (exact) mass is 445 g/mol. The lowest BCUT2D eigenvalue weighted by Crippen LogP contribution is -2.45. The molecule has 1 N–H and O–H groups in total. The van der Waals surface area contributed by atoms with Crippen LogP contribution in [-0.4, -0.2) is 52.5 Å². The van der Waals surface area contributed by atoms with Gasteiger partial charge in [0.25, 0.3) is 0 Å². The van der Waals surface area contributed by atoms with Crippen LogP contribution in [0.1, 0.15) is 53.4 Å². The van der Waals surface area contributed by atoms with Gasteiger partial charge >= 0.3 is 18.0 Å². The second-order valence-corrected chi connectivity index (χ2v) is 15.5. The number of rotatable bonds is 14. The minimum Gasteiger partial charge on any atom is -0.467 e. The van der Waals surface area contributed by atoms with Gasteiger partial charge in [0.1, 0.15) is 6.61 Å². The van der Waals surface area contributed by atoms with E-state index in [-0.39, 0.29) is 18.5 Å². The van der Waals surface area contributed by atoms with Gasteiger partial charge < -0.3 is 19.5 Å². The Labute approximate surface area is 183 Å². The molecule has 7 nitrogen and oxygen atoms in total. The number of hydrogen-bond donors (Lipinski definition) is 1. The summed E-state index contributed by atoms with van der Waals surface area (Å²) < 4.78 is 15.1. The lowest BCUT2D eigenvalue weighted by Gasteiger charge is -2.19. The van der Waals surface area contributed by atoms with Crippen molar-refractivity contribution in [3.8, 4) is 0 Å². The first-order chi connectivity index (χ1) is 13.9. The quantitative estimate of drug-likeness (QED) is 0.238. The van der Waals surface area contributed by atoms with Gasteiger partial charge in [-0.3, -0.25) is 4.79 Å². The van der Waals surface area contributed by atoms with E-state index in [2.05, 4.69) is 45.7 Å². The number of methoxy groups -OCH3 is 1. The standard InChI is InChI=1S/C22H43NO6Si/c1-16(2)14-17(3)10-9-11-18(4)20(24)29-15-19(21(25)27-5)23-22(26)28-12-13-30(6,7)8/h16-19H,9-15H2,1-8H3,(H,23,26). The predicted molar refractivity (Wildman–Crippen MR) is 121 cm³/mol. The summed E-state index contributed by atoms with van der Waals surface area (Å²) in [5, 5.41) is 2.43. The van der Waals surface area contributed by atoms with Crippen molar-refractivity contribution in [1.82, 2.24) is 5.32 Å². The van der Waals surface area contributed by atoms with E-state index in [1.807, 2.05) is 6.92 Å². The Hall–Kier alpha value is -1.57. The molecule has 1 amide bonds. The molecule has 0 radical (unpaired) electrons. The molecule has 0 fully saturated rings. The van der Waals surface area contributed by atoms with Crippen molar-refractivity contribution in [2.75, 3.05) is 20.3 Å². The zero-order chi connectivity index (χ0) is 23.3. The van der Waals surface area contributed by atoms with E-state index in [9.17, 15) is 14.4 Å². The van der Waals surface area contributed by atoms with E-state index in [0.29, 0.717) is 18.4 Å². The second kappa shape index (κ2) is 14.4. The van der Waals surface area contributed by atoms with Crippen molar-refractivity contribution >= 4 is 26.1 Å². The molecular weight excluding hydrogens is 402 g/mol. The van der Waals surface area contributed by atoms with E-state index in [1.165, 1.54) is 13.5 Å². The van der Waals surface area contributed by atoms with E-state index in [4.69, 9.17) is 14.2 Å². The van der Waals surface area contributed by atoms with Crippen molar-refractivity contribution in [3.63, 3.8) is 0 Å². The smallest absolute Gasteiger partial charge is 0.407 e. The summed E-state index contributed by atoms with van der Waals surface area (Å²) >= 11 is 0. The van der Waals surface area contributed by atoms with Crippen LogP contribution < -0.4 is 5.32 Å². The van der Waals surface area contributed by atoms with Crippen LogP contribution in [0.2, 0.25) is 25.7 Å². The highest BCUT2D eigenvalue weighted by atomic mass is 28.3. The number of hydrogen-bond acceptors (Lipinski definition) is 6. The summed E-state index contributed by atoms with van der Waals surface area (Å²) in [7, 11) is -0.110. The second-order valence-electron chi connectivity index (χ2n) is 9.86. The first-order valence-corrected chi connectivity index (χ1v) is 14.7. The molecule has 0 aliphatic heterocycles. The number of alkyl carbamates (subject to hydrolysis) is 1. The van der Waals surface area contributed by atoms with Gasteiger partial charge in [-0.2, -0.15) is 0 Å². The molecule has 0 aliphatic carbocycles. The summed E-state index contributed by atoms with van der Waals surface area (Å²) in [6, 6.07) is -0.261. The van der Waals surface area contributed by atoms with Gasteiger partial charge in [-0.1, -0.05) is 60.2 Å². The Morgan fingerprint density at radius 2 is 1.57 bits per heavy atom. The average Bonchev–Trinajstić information content (AvgIpc) is 2.62. The van der Waals surface area contributed by atoms with E-state index >= 15 is 0 Å². The summed E-state index contributed by atoms with van der Waals surface area (Å²) in [6.07, 6.45) is 3.22. The first kappa shape index (κ1) is 28.4. The van der Waals surface area contributed by atoms with Crippen molar-refractivity contribution < 1.29 is 28.6 Å². The molecule has 0 aromatic carbocycles. The van der Waals surface area contributed by atoms with Crippen molar-refractivity contribution in [2.24, 2.45) is 17.8 Å². The van der Waals surface area contributed by atoms with Gasteiger partial charge in [0.05, 0.1) is 19.6 Å². The lowest BCUT2D eigenvalue weighted by atomic mass is 9.92. The molecule has 8 heteroatoms. The SMILES string of the molecule is COC(=O)C(COC(=O)C(C)CCCC(C)CC(C)C)NC(=O)OCC[Si](C)(C)C. The number of carbonyl (C=O) groups excluding carboxylic acids is 3. The van der Waals surface area contributed by atoms with Crippen LogP contribution >= 0.6 is 0 Å². The Morgan fingerprint density at radius 3 is 2.10 bits per heavy atom. The van der Waals surface area contributed by atoms with Crippen LogP contribution in [-0.2, 0) is 23.8 Å². The number of ether oxygens (including phenoxy) is 3. The average molecular weight is 446 g/mol. The van der Waals surface area contributed by atoms with Crippen LogP contribution in [0.5, 0.6) is 0 Å². The molecule has 0 aliphatic rings. The Bertz CT molecular complexity index is 532. The third-order valence-corrected chi connectivity index (χ3v) is 6.57. The molecule has 0 aromatic rings. The lowest BCUT2D eigenvalue weighted by molar-refractivity contribution is -0.153. The highest BCUT2D eigenvalue weighted by Gasteiger charge is 2.26. The Kier molecular flexibility index (Phi) is 13.7. The molecule has 0 bridgehead atoms. The summed E-state index contributed by atoms with van der Waals surface area (Å²) in [4.78, 5) is 36.1. The van der Waals surface area contributed by atoms with Crippen molar-refractivity contribution in [3.05, 3.63) is 0 Å². The van der Waals surface area contributed by atoms with Gasteiger partial charge in [0, 0.05) is 8.07 Å². The van der Waals surface area contributed by atoms with Gasteiger partial charge in [-0.05, 0) is 30.7 Å². The third-order valence-electron chi connectivity index (χ3n) is 4.87.